The Labute approximate surface area is 145 Å². The summed E-state index contributed by atoms with van der Waals surface area (Å²) in [7, 11) is 0. The van der Waals surface area contributed by atoms with Crippen molar-refractivity contribution in [3.05, 3.63) is 48.3 Å². The van der Waals surface area contributed by atoms with Gasteiger partial charge in [-0.2, -0.15) is 5.10 Å². The van der Waals surface area contributed by atoms with E-state index in [0.29, 0.717) is 38.4 Å². The quantitative estimate of drug-likeness (QED) is 0.844. The second kappa shape index (κ2) is 8.17. The number of carbonyl (C=O) groups excluding carboxylic acids is 1. The maximum Gasteiger partial charge on any atom is 0.242 e. The van der Waals surface area contributed by atoms with Crippen LogP contribution < -0.4 is 5.32 Å². The van der Waals surface area contributed by atoms with Crippen LogP contribution in [0.25, 0.3) is 0 Å². The first-order chi connectivity index (χ1) is 12.1. The largest absolute Gasteiger partial charge is 0.379 e. The van der Waals surface area contributed by atoms with E-state index in [1.165, 1.54) is 18.5 Å². The van der Waals surface area contributed by atoms with E-state index in [2.05, 4.69) is 15.4 Å². The molecule has 3 rings (SSSR count). The van der Waals surface area contributed by atoms with Crippen molar-refractivity contribution in [3.8, 4) is 0 Å². The summed E-state index contributed by atoms with van der Waals surface area (Å²) in [6.07, 6.45) is 3.06. The van der Waals surface area contributed by atoms with E-state index in [1.807, 2.05) is 11.8 Å². The van der Waals surface area contributed by atoms with Gasteiger partial charge in [0.1, 0.15) is 24.5 Å². The standard InChI is InChI=1S/C17H22FN5O2/c1-13(10-23-12-19-11-20-23)21-17(24)16(22-5-7-25-8-6-22)14-3-2-4-15(18)9-14/h2-4,9,11-13,16H,5-8,10H2,1H3,(H,21,24)/t13-,16-/m1/s1. The molecule has 0 bridgehead atoms. The molecule has 7 nitrogen and oxygen atoms in total. The van der Waals surface area contributed by atoms with Gasteiger partial charge in [-0.3, -0.25) is 14.4 Å². The first kappa shape index (κ1) is 17.5. The zero-order valence-electron chi connectivity index (χ0n) is 14.1. The number of hydrogen-bond donors (Lipinski definition) is 1. The Kier molecular flexibility index (Phi) is 5.72. The fourth-order valence-corrected chi connectivity index (χ4v) is 3.02. The molecule has 134 valence electrons. The van der Waals surface area contributed by atoms with Gasteiger partial charge in [0.05, 0.1) is 19.8 Å². The molecule has 0 saturated carbocycles. The molecule has 1 aliphatic heterocycles. The van der Waals surface area contributed by atoms with Crippen molar-refractivity contribution in [1.82, 2.24) is 25.0 Å². The van der Waals surface area contributed by atoms with Gasteiger partial charge in [-0.1, -0.05) is 12.1 Å². The molecule has 1 aromatic heterocycles. The van der Waals surface area contributed by atoms with Gasteiger partial charge >= 0.3 is 0 Å². The van der Waals surface area contributed by atoms with Gasteiger partial charge in [-0.05, 0) is 24.6 Å². The first-order valence-electron chi connectivity index (χ1n) is 8.33. The number of ether oxygens (including phenoxy) is 1. The predicted octanol–water partition coefficient (Wildman–Crippen LogP) is 0.995. The monoisotopic (exact) mass is 347 g/mol. The summed E-state index contributed by atoms with van der Waals surface area (Å²) < 4.78 is 20.7. The molecule has 1 saturated heterocycles. The van der Waals surface area contributed by atoms with E-state index in [-0.39, 0.29) is 17.8 Å². The van der Waals surface area contributed by atoms with Crippen molar-refractivity contribution < 1.29 is 13.9 Å². The van der Waals surface area contributed by atoms with E-state index in [0.717, 1.165) is 0 Å². The van der Waals surface area contributed by atoms with Crippen molar-refractivity contribution in [2.24, 2.45) is 0 Å². The summed E-state index contributed by atoms with van der Waals surface area (Å²) in [5.41, 5.74) is 0.646. The highest BCUT2D eigenvalue weighted by atomic mass is 19.1. The van der Waals surface area contributed by atoms with Gasteiger partial charge in [0.25, 0.3) is 0 Å². The second-order valence-electron chi connectivity index (χ2n) is 6.13. The van der Waals surface area contributed by atoms with Gasteiger partial charge in [-0.15, -0.1) is 0 Å². The Bertz CT molecular complexity index is 688. The maximum absolute atomic E-state index is 13.7. The number of benzene rings is 1. The molecule has 1 amide bonds. The fraction of sp³-hybridized carbons (Fsp3) is 0.471. The molecule has 1 fully saturated rings. The lowest BCUT2D eigenvalue weighted by molar-refractivity contribution is -0.129. The number of rotatable bonds is 6. The van der Waals surface area contributed by atoms with Crippen LogP contribution in [0.5, 0.6) is 0 Å². The Hall–Kier alpha value is -2.32. The Balaban J connectivity index is 1.74. The molecule has 2 aromatic rings. The van der Waals surface area contributed by atoms with Gasteiger partial charge in [0, 0.05) is 19.1 Å². The lowest BCUT2D eigenvalue weighted by atomic mass is 10.0. The third kappa shape index (κ3) is 4.61. The summed E-state index contributed by atoms with van der Waals surface area (Å²) in [6.45, 7) is 4.81. The van der Waals surface area contributed by atoms with Crippen LogP contribution in [0.1, 0.15) is 18.5 Å². The topological polar surface area (TPSA) is 72.3 Å². The van der Waals surface area contributed by atoms with E-state index in [4.69, 9.17) is 4.74 Å². The molecule has 2 atom stereocenters. The van der Waals surface area contributed by atoms with Crippen LogP contribution in [0.15, 0.2) is 36.9 Å². The minimum atomic E-state index is -0.544. The highest BCUT2D eigenvalue weighted by molar-refractivity contribution is 5.83. The van der Waals surface area contributed by atoms with Crippen molar-refractivity contribution in [2.45, 2.75) is 25.6 Å². The summed E-state index contributed by atoms with van der Waals surface area (Å²) >= 11 is 0. The van der Waals surface area contributed by atoms with Crippen LogP contribution in [0.4, 0.5) is 4.39 Å². The molecule has 0 radical (unpaired) electrons. The van der Waals surface area contributed by atoms with Crippen molar-refractivity contribution in [1.29, 1.82) is 0 Å². The maximum atomic E-state index is 13.7. The van der Waals surface area contributed by atoms with Crippen molar-refractivity contribution in [3.63, 3.8) is 0 Å². The Morgan fingerprint density at radius 1 is 1.40 bits per heavy atom. The highest BCUT2D eigenvalue weighted by Gasteiger charge is 2.30. The minimum absolute atomic E-state index is 0.133. The van der Waals surface area contributed by atoms with Crippen LogP contribution in [0.3, 0.4) is 0 Å². The number of nitrogens with one attached hydrogen (secondary N) is 1. The highest BCUT2D eigenvalue weighted by Crippen LogP contribution is 2.23. The van der Waals surface area contributed by atoms with E-state index in [1.54, 1.807) is 23.1 Å². The summed E-state index contributed by atoms with van der Waals surface area (Å²) in [4.78, 5) is 18.9. The fourth-order valence-electron chi connectivity index (χ4n) is 3.02. The lowest BCUT2D eigenvalue weighted by Gasteiger charge is -2.34. The van der Waals surface area contributed by atoms with Gasteiger partial charge in [0.15, 0.2) is 0 Å². The molecule has 1 aliphatic rings. The van der Waals surface area contributed by atoms with Gasteiger partial charge in [0.2, 0.25) is 5.91 Å². The van der Waals surface area contributed by atoms with E-state index in [9.17, 15) is 9.18 Å². The number of amides is 1. The molecule has 0 aliphatic carbocycles. The Morgan fingerprint density at radius 3 is 2.88 bits per heavy atom. The number of nitrogens with zero attached hydrogens (tertiary/aromatic N) is 4. The number of morpholine rings is 1. The molecule has 1 N–H and O–H groups in total. The number of halogens is 1. The molecule has 1 aromatic carbocycles. The third-order valence-electron chi connectivity index (χ3n) is 4.14. The Morgan fingerprint density at radius 2 is 2.20 bits per heavy atom. The molecule has 0 unspecified atom stereocenters. The van der Waals surface area contributed by atoms with E-state index < -0.39 is 6.04 Å². The molecular weight excluding hydrogens is 325 g/mol. The normalized spacial score (nSPS) is 17.8. The zero-order valence-corrected chi connectivity index (χ0v) is 14.1. The van der Waals surface area contributed by atoms with Crippen LogP contribution in [-0.2, 0) is 16.1 Å². The van der Waals surface area contributed by atoms with Gasteiger partial charge in [-0.25, -0.2) is 9.37 Å². The summed E-state index contributed by atoms with van der Waals surface area (Å²) in [6, 6.07) is 5.53. The van der Waals surface area contributed by atoms with Crippen LogP contribution >= 0.6 is 0 Å². The summed E-state index contributed by atoms with van der Waals surface area (Å²) in [5.74, 6) is -0.501. The molecule has 0 spiro atoms. The molecular formula is C17H22FN5O2. The van der Waals surface area contributed by atoms with Crippen molar-refractivity contribution in [2.75, 3.05) is 26.3 Å². The van der Waals surface area contributed by atoms with Crippen molar-refractivity contribution >= 4 is 5.91 Å². The van der Waals surface area contributed by atoms with Gasteiger partial charge < -0.3 is 10.1 Å². The second-order valence-corrected chi connectivity index (χ2v) is 6.13. The van der Waals surface area contributed by atoms with Crippen LogP contribution in [0, 0.1) is 5.82 Å². The minimum Gasteiger partial charge on any atom is -0.379 e. The smallest absolute Gasteiger partial charge is 0.242 e. The molecule has 25 heavy (non-hydrogen) atoms. The average Bonchev–Trinajstić information content (AvgIpc) is 3.09. The van der Waals surface area contributed by atoms with E-state index >= 15 is 0 Å². The molecule has 2 heterocycles. The third-order valence-corrected chi connectivity index (χ3v) is 4.14. The number of aromatic nitrogens is 3. The average molecular weight is 347 g/mol. The van der Waals surface area contributed by atoms with Crippen LogP contribution in [0.2, 0.25) is 0 Å². The lowest BCUT2D eigenvalue weighted by Crippen LogP contribution is -2.48. The first-order valence-corrected chi connectivity index (χ1v) is 8.33. The number of hydrogen-bond acceptors (Lipinski definition) is 5. The zero-order chi connectivity index (χ0) is 17.6. The summed E-state index contributed by atoms with van der Waals surface area (Å²) in [5, 5.41) is 7.05. The van der Waals surface area contributed by atoms with Crippen LogP contribution in [-0.4, -0.2) is 57.9 Å². The SMILES string of the molecule is C[C@H](Cn1cncn1)NC(=O)[C@@H](c1cccc(F)c1)N1CCOCC1. The molecule has 8 heteroatoms. The number of carbonyl (C=O) groups is 1. The predicted molar refractivity (Wildman–Crippen MR) is 89.2 cm³/mol.